The zero-order valence-corrected chi connectivity index (χ0v) is 21.5. The highest BCUT2D eigenvalue weighted by Gasteiger charge is 2.19. The predicted octanol–water partition coefficient (Wildman–Crippen LogP) is 3.18. The molecule has 1 aromatic heterocycles. The fourth-order valence-electron chi connectivity index (χ4n) is 3.98. The van der Waals surface area contributed by atoms with Crippen molar-refractivity contribution in [2.75, 3.05) is 32.8 Å². The molecule has 0 aliphatic carbocycles. The molecule has 0 bridgehead atoms. The number of halogens is 2. The average Bonchev–Trinajstić information content (AvgIpc) is 3.14. The summed E-state index contributed by atoms with van der Waals surface area (Å²) >= 11 is 6.18. The smallest absolute Gasteiger partial charge is 0.351 e. The van der Waals surface area contributed by atoms with Crippen LogP contribution in [0, 0.1) is 0 Å². The molecule has 0 spiro atoms. The number of ether oxygens (including phenoxy) is 1. The van der Waals surface area contributed by atoms with Crippen molar-refractivity contribution in [1.82, 2.24) is 24.6 Å². The number of nitrogens with one attached hydrogen (secondary N) is 1. The molecule has 10 heteroatoms. The first-order chi connectivity index (χ1) is 16.4. The lowest BCUT2D eigenvalue weighted by molar-refractivity contribution is -0.122. The van der Waals surface area contributed by atoms with Crippen LogP contribution in [0.3, 0.4) is 0 Å². The maximum atomic E-state index is 13.3. The molecule has 188 valence electrons. The normalized spacial score (nSPS) is 14.1. The second-order valence-electron chi connectivity index (χ2n) is 8.71. The Bertz CT molecular complexity index is 1180. The Morgan fingerprint density at radius 1 is 1.14 bits per heavy atom. The summed E-state index contributed by atoms with van der Waals surface area (Å²) in [4.78, 5) is 28.2. The van der Waals surface area contributed by atoms with Gasteiger partial charge in [0.25, 0.3) is 0 Å². The molecular weight excluding hydrogens is 489 g/mol. The molecule has 2 heterocycles. The van der Waals surface area contributed by atoms with E-state index in [-0.39, 0.29) is 36.6 Å². The summed E-state index contributed by atoms with van der Waals surface area (Å²) in [5, 5.41) is 7.94. The number of hydrogen-bond donors (Lipinski definition) is 1. The second kappa shape index (κ2) is 12.4. The lowest BCUT2D eigenvalue weighted by Gasteiger charge is -2.26. The first-order valence-electron chi connectivity index (χ1n) is 11.6. The van der Waals surface area contributed by atoms with E-state index in [1.807, 2.05) is 44.2 Å². The van der Waals surface area contributed by atoms with Crippen LogP contribution in [0.25, 0.3) is 17.1 Å². The van der Waals surface area contributed by atoms with Crippen LogP contribution < -0.4 is 11.0 Å². The first kappa shape index (κ1) is 26.9. The SMILES string of the molecule is CC(C)NC(=O)Cn1c(-c2cccc(Cl)c2)nn(-c2ccc(CCN3CCOCC3)cc2)c1=O.Cl. The van der Waals surface area contributed by atoms with Gasteiger partial charge in [0.1, 0.15) is 6.54 Å². The Morgan fingerprint density at radius 2 is 1.86 bits per heavy atom. The fourth-order valence-corrected chi connectivity index (χ4v) is 4.17. The third-order valence-corrected chi connectivity index (χ3v) is 5.93. The molecule has 1 aliphatic rings. The molecule has 0 radical (unpaired) electrons. The standard InChI is InChI=1S/C25H30ClN5O3.ClH/c1-18(2)27-23(32)17-30-24(20-4-3-5-21(26)16-20)28-31(25(30)33)22-8-6-19(7-9-22)10-11-29-12-14-34-15-13-29;/h3-9,16,18H,10-15,17H2,1-2H3,(H,27,32);1H. The summed E-state index contributed by atoms with van der Waals surface area (Å²) in [6.45, 7) is 8.09. The van der Waals surface area contributed by atoms with Gasteiger partial charge in [-0.2, -0.15) is 4.68 Å². The minimum atomic E-state index is -0.380. The van der Waals surface area contributed by atoms with Crippen molar-refractivity contribution in [2.45, 2.75) is 32.9 Å². The van der Waals surface area contributed by atoms with Gasteiger partial charge in [0.05, 0.1) is 18.9 Å². The van der Waals surface area contributed by atoms with E-state index in [1.54, 1.807) is 18.2 Å². The molecule has 1 saturated heterocycles. The van der Waals surface area contributed by atoms with Crippen LogP contribution >= 0.6 is 24.0 Å². The van der Waals surface area contributed by atoms with Crippen molar-refractivity contribution >= 4 is 29.9 Å². The minimum Gasteiger partial charge on any atom is -0.379 e. The van der Waals surface area contributed by atoms with Crippen molar-refractivity contribution in [3.8, 4) is 17.1 Å². The van der Waals surface area contributed by atoms with Crippen molar-refractivity contribution in [3.05, 3.63) is 69.6 Å². The topological polar surface area (TPSA) is 81.4 Å². The summed E-state index contributed by atoms with van der Waals surface area (Å²) in [5.41, 5.74) is 2.12. The third-order valence-electron chi connectivity index (χ3n) is 5.70. The Labute approximate surface area is 216 Å². The van der Waals surface area contributed by atoms with Gasteiger partial charge in [-0.05, 0) is 50.1 Å². The van der Waals surface area contributed by atoms with Crippen LogP contribution in [0.15, 0.2) is 53.3 Å². The molecule has 0 unspecified atom stereocenters. The van der Waals surface area contributed by atoms with Crippen molar-refractivity contribution < 1.29 is 9.53 Å². The van der Waals surface area contributed by atoms with Crippen molar-refractivity contribution in [2.24, 2.45) is 0 Å². The first-order valence-corrected chi connectivity index (χ1v) is 11.9. The molecule has 3 aromatic rings. The highest BCUT2D eigenvalue weighted by atomic mass is 35.5. The molecular formula is C25H31Cl2N5O3. The molecule has 1 fully saturated rings. The van der Waals surface area contributed by atoms with E-state index in [2.05, 4.69) is 15.3 Å². The largest absolute Gasteiger partial charge is 0.379 e. The lowest BCUT2D eigenvalue weighted by Crippen LogP contribution is -2.37. The van der Waals surface area contributed by atoms with E-state index in [9.17, 15) is 9.59 Å². The molecule has 0 atom stereocenters. The maximum absolute atomic E-state index is 13.3. The van der Waals surface area contributed by atoms with E-state index in [0.717, 1.165) is 39.3 Å². The Kier molecular flexibility index (Phi) is 9.51. The maximum Gasteiger partial charge on any atom is 0.351 e. The van der Waals surface area contributed by atoms with Crippen LogP contribution in [0.5, 0.6) is 0 Å². The molecule has 1 amide bonds. The number of aromatic nitrogens is 3. The van der Waals surface area contributed by atoms with Crippen molar-refractivity contribution in [1.29, 1.82) is 0 Å². The highest BCUT2D eigenvalue weighted by molar-refractivity contribution is 6.30. The third kappa shape index (κ3) is 6.95. The number of carbonyl (C=O) groups excluding carboxylic acids is 1. The summed E-state index contributed by atoms with van der Waals surface area (Å²) in [6, 6.07) is 14.9. The van der Waals surface area contributed by atoms with E-state index < -0.39 is 0 Å². The number of carbonyl (C=O) groups is 1. The Balaban J connectivity index is 0.00000342. The van der Waals surface area contributed by atoms with E-state index >= 15 is 0 Å². The molecule has 2 aromatic carbocycles. The minimum absolute atomic E-state index is 0. The number of rotatable bonds is 8. The predicted molar refractivity (Wildman–Crippen MR) is 140 cm³/mol. The van der Waals surface area contributed by atoms with Gasteiger partial charge >= 0.3 is 5.69 Å². The fraction of sp³-hybridized carbons (Fsp3) is 0.400. The molecule has 8 nitrogen and oxygen atoms in total. The summed E-state index contributed by atoms with van der Waals surface area (Å²) < 4.78 is 8.13. The van der Waals surface area contributed by atoms with E-state index in [4.69, 9.17) is 16.3 Å². The quantitative estimate of drug-likeness (QED) is 0.494. The van der Waals surface area contributed by atoms with Gasteiger partial charge < -0.3 is 10.1 Å². The number of amides is 1. The number of benzene rings is 2. The van der Waals surface area contributed by atoms with Gasteiger partial charge in [-0.25, -0.2) is 4.79 Å². The zero-order chi connectivity index (χ0) is 24.1. The van der Waals surface area contributed by atoms with Crippen LogP contribution in [0.4, 0.5) is 0 Å². The van der Waals surface area contributed by atoms with Crippen LogP contribution in [0.1, 0.15) is 19.4 Å². The average molecular weight is 520 g/mol. The zero-order valence-electron chi connectivity index (χ0n) is 19.9. The summed E-state index contributed by atoms with van der Waals surface area (Å²) in [7, 11) is 0. The van der Waals surface area contributed by atoms with Gasteiger partial charge in [0.2, 0.25) is 5.91 Å². The highest BCUT2D eigenvalue weighted by Crippen LogP contribution is 2.21. The van der Waals surface area contributed by atoms with Crippen molar-refractivity contribution in [3.63, 3.8) is 0 Å². The van der Waals surface area contributed by atoms with E-state index in [0.29, 0.717) is 22.1 Å². The Hall–Kier alpha value is -2.65. The van der Waals surface area contributed by atoms with Crippen LogP contribution in [0.2, 0.25) is 5.02 Å². The Morgan fingerprint density at radius 3 is 2.51 bits per heavy atom. The van der Waals surface area contributed by atoms with Gasteiger partial charge in [-0.1, -0.05) is 35.9 Å². The summed E-state index contributed by atoms with van der Waals surface area (Å²) in [6.07, 6.45) is 0.923. The second-order valence-corrected chi connectivity index (χ2v) is 9.14. The monoisotopic (exact) mass is 519 g/mol. The molecule has 0 saturated carbocycles. The molecule has 1 N–H and O–H groups in total. The van der Waals surface area contributed by atoms with Crippen LogP contribution in [-0.4, -0.2) is 64.0 Å². The van der Waals surface area contributed by atoms with Gasteiger partial charge in [0, 0.05) is 36.3 Å². The van der Waals surface area contributed by atoms with Crippen LogP contribution in [-0.2, 0) is 22.5 Å². The van der Waals surface area contributed by atoms with Gasteiger partial charge in [-0.15, -0.1) is 17.5 Å². The lowest BCUT2D eigenvalue weighted by atomic mass is 10.1. The number of hydrogen-bond acceptors (Lipinski definition) is 5. The molecule has 4 rings (SSSR count). The van der Waals surface area contributed by atoms with E-state index in [1.165, 1.54) is 14.8 Å². The number of morpholine rings is 1. The van der Waals surface area contributed by atoms with Gasteiger partial charge in [-0.3, -0.25) is 14.3 Å². The summed E-state index contributed by atoms with van der Waals surface area (Å²) in [5.74, 6) is 0.140. The number of nitrogens with zero attached hydrogens (tertiary/aromatic N) is 4. The van der Waals surface area contributed by atoms with Gasteiger partial charge in [0.15, 0.2) is 5.82 Å². The molecule has 35 heavy (non-hydrogen) atoms. The molecule has 1 aliphatic heterocycles.